The lowest BCUT2D eigenvalue weighted by Gasteiger charge is -2.26. The number of nitriles is 1. The molecule has 4 rings (SSSR count). The Kier molecular flexibility index (Phi) is 7.35. The molecule has 1 amide bonds. The number of likely N-dealkylation sites (tertiary alicyclic amines) is 1. The molecule has 0 unspecified atom stereocenters. The fourth-order valence-electron chi connectivity index (χ4n) is 3.57. The number of thiophene rings is 1. The number of anilines is 1. The van der Waals surface area contributed by atoms with Gasteiger partial charge < -0.3 is 9.88 Å². The van der Waals surface area contributed by atoms with Crippen molar-refractivity contribution in [3.8, 4) is 6.07 Å². The molecule has 0 bridgehead atoms. The zero-order chi connectivity index (χ0) is 21.5. The summed E-state index contributed by atoms with van der Waals surface area (Å²) in [6, 6.07) is 14.0. The van der Waals surface area contributed by atoms with Crippen molar-refractivity contribution in [2.45, 2.75) is 37.5 Å². The number of hydrogen-bond acceptors (Lipinski definition) is 7. The molecule has 9 heteroatoms. The lowest BCUT2D eigenvalue weighted by atomic mass is 10.1. The molecule has 160 valence electrons. The van der Waals surface area contributed by atoms with Gasteiger partial charge in [-0.2, -0.15) is 5.26 Å². The Labute approximate surface area is 190 Å². The average molecular weight is 453 g/mol. The van der Waals surface area contributed by atoms with Gasteiger partial charge in [0.15, 0.2) is 5.16 Å². The summed E-state index contributed by atoms with van der Waals surface area (Å²) in [5, 5.41) is 23.9. The van der Waals surface area contributed by atoms with Gasteiger partial charge in [-0.25, -0.2) is 0 Å². The molecule has 1 aliphatic heterocycles. The van der Waals surface area contributed by atoms with E-state index in [-0.39, 0.29) is 11.7 Å². The highest BCUT2D eigenvalue weighted by atomic mass is 32.2. The Morgan fingerprint density at radius 3 is 2.71 bits per heavy atom. The van der Waals surface area contributed by atoms with Crippen LogP contribution in [0.25, 0.3) is 0 Å². The van der Waals surface area contributed by atoms with Crippen LogP contribution in [0.2, 0.25) is 0 Å². The van der Waals surface area contributed by atoms with Crippen molar-refractivity contribution in [2.24, 2.45) is 0 Å². The highest BCUT2D eigenvalue weighted by Crippen LogP contribution is 2.24. The van der Waals surface area contributed by atoms with Crippen molar-refractivity contribution >= 4 is 34.0 Å². The number of benzene rings is 1. The highest BCUT2D eigenvalue weighted by molar-refractivity contribution is 7.99. The van der Waals surface area contributed by atoms with E-state index in [0.29, 0.717) is 17.1 Å². The number of carbonyl (C=O) groups is 1. The number of rotatable bonds is 8. The third kappa shape index (κ3) is 5.73. The maximum Gasteiger partial charge on any atom is 0.235 e. The summed E-state index contributed by atoms with van der Waals surface area (Å²) < 4.78 is 2.12. The highest BCUT2D eigenvalue weighted by Gasteiger charge is 2.19. The van der Waals surface area contributed by atoms with Gasteiger partial charge in [-0.15, -0.1) is 21.5 Å². The standard InChI is InChI=1S/C22H24N6OS2/c23-13-18-9-12-30-21(18)24-20(29)16-31-22-26-25-19(15-27-10-5-2-6-11-27)28(22)14-17-7-3-1-4-8-17/h1,3-4,7-9,12H,2,5-6,10-11,14-16H2,(H,24,29). The van der Waals surface area contributed by atoms with Gasteiger partial charge in [-0.3, -0.25) is 9.69 Å². The minimum absolute atomic E-state index is 0.157. The maximum atomic E-state index is 12.4. The van der Waals surface area contributed by atoms with Crippen molar-refractivity contribution in [3.05, 3.63) is 58.7 Å². The van der Waals surface area contributed by atoms with E-state index in [1.165, 1.54) is 47.9 Å². The minimum Gasteiger partial charge on any atom is -0.316 e. The van der Waals surface area contributed by atoms with Crippen LogP contribution in [0.5, 0.6) is 0 Å². The first-order chi connectivity index (χ1) is 15.2. The number of aromatic nitrogens is 3. The number of thioether (sulfide) groups is 1. The largest absolute Gasteiger partial charge is 0.316 e. The quantitative estimate of drug-likeness (QED) is 0.520. The van der Waals surface area contributed by atoms with E-state index < -0.39 is 0 Å². The number of nitrogens with zero attached hydrogens (tertiary/aromatic N) is 5. The summed E-state index contributed by atoms with van der Waals surface area (Å²) >= 11 is 2.72. The van der Waals surface area contributed by atoms with E-state index >= 15 is 0 Å². The molecule has 1 N–H and O–H groups in total. The van der Waals surface area contributed by atoms with Gasteiger partial charge in [0, 0.05) is 0 Å². The Hall–Kier alpha value is -2.67. The SMILES string of the molecule is N#Cc1ccsc1NC(=O)CSc1nnc(CN2CCCCC2)n1Cc1ccccc1. The Balaban J connectivity index is 1.46. The lowest BCUT2D eigenvalue weighted by molar-refractivity contribution is -0.113. The molecular weight excluding hydrogens is 428 g/mol. The second-order valence-corrected chi connectivity index (χ2v) is 9.28. The van der Waals surface area contributed by atoms with Crippen LogP contribution >= 0.6 is 23.1 Å². The molecule has 0 saturated carbocycles. The molecule has 31 heavy (non-hydrogen) atoms. The maximum absolute atomic E-state index is 12.4. The first-order valence-corrected chi connectivity index (χ1v) is 12.2. The number of nitrogens with one attached hydrogen (secondary N) is 1. The molecular formula is C22H24N6OS2. The molecule has 0 radical (unpaired) electrons. The van der Waals surface area contributed by atoms with Crippen LogP contribution in [0.3, 0.4) is 0 Å². The Morgan fingerprint density at radius 1 is 1.13 bits per heavy atom. The molecule has 1 fully saturated rings. The lowest BCUT2D eigenvalue weighted by Crippen LogP contribution is -2.30. The monoisotopic (exact) mass is 452 g/mol. The zero-order valence-corrected chi connectivity index (χ0v) is 18.8. The second-order valence-electron chi connectivity index (χ2n) is 7.42. The zero-order valence-electron chi connectivity index (χ0n) is 17.2. The van der Waals surface area contributed by atoms with E-state index in [1.807, 2.05) is 18.2 Å². The number of carbonyl (C=O) groups excluding carboxylic acids is 1. The molecule has 0 spiro atoms. The smallest absolute Gasteiger partial charge is 0.235 e. The van der Waals surface area contributed by atoms with Gasteiger partial charge in [0.2, 0.25) is 5.91 Å². The van der Waals surface area contributed by atoms with Crippen molar-refractivity contribution in [1.29, 1.82) is 5.26 Å². The molecule has 2 aromatic heterocycles. The van der Waals surface area contributed by atoms with E-state index in [1.54, 1.807) is 11.4 Å². The molecule has 0 aliphatic carbocycles. The minimum atomic E-state index is -0.157. The predicted octanol–water partition coefficient (Wildman–Crippen LogP) is 3.98. The molecule has 1 saturated heterocycles. The third-order valence-electron chi connectivity index (χ3n) is 5.16. The van der Waals surface area contributed by atoms with E-state index in [4.69, 9.17) is 5.26 Å². The second kappa shape index (κ2) is 10.6. The summed E-state index contributed by atoms with van der Waals surface area (Å²) in [6.45, 7) is 3.62. The van der Waals surface area contributed by atoms with Gasteiger partial charge in [0.1, 0.15) is 16.9 Å². The molecule has 1 aliphatic rings. The van der Waals surface area contributed by atoms with Gasteiger partial charge in [0.05, 0.1) is 24.4 Å². The van der Waals surface area contributed by atoms with Crippen molar-refractivity contribution in [3.63, 3.8) is 0 Å². The van der Waals surface area contributed by atoms with Gasteiger partial charge in [0.25, 0.3) is 0 Å². The molecule has 1 aromatic carbocycles. The first kappa shape index (κ1) is 21.6. The Bertz CT molecular complexity index is 1050. The summed E-state index contributed by atoms with van der Waals surface area (Å²) in [5.41, 5.74) is 1.66. The van der Waals surface area contributed by atoms with Gasteiger partial charge in [-0.05, 0) is 42.9 Å². The fourth-order valence-corrected chi connectivity index (χ4v) is 5.08. The topological polar surface area (TPSA) is 86.8 Å². The molecule has 3 heterocycles. The normalized spacial score (nSPS) is 14.3. The number of hydrogen-bond donors (Lipinski definition) is 1. The predicted molar refractivity (Wildman–Crippen MR) is 123 cm³/mol. The Morgan fingerprint density at radius 2 is 1.94 bits per heavy atom. The van der Waals surface area contributed by atoms with Crippen LogP contribution in [0, 0.1) is 11.3 Å². The van der Waals surface area contributed by atoms with Crippen LogP contribution in [0.4, 0.5) is 5.00 Å². The van der Waals surface area contributed by atoms with E-state index in [0.717, 1.165) is 30.6 Å². The van der Waals surface area contributed by atoms with Crippen molar-refractivity contribution in [2.75, 3.05) is 24.2 Å². The van der Waals surface area contributed by atoms with Crippen LogP contribution in [0.1, 0.15) is 36.2 Å². The molecule has 0 atom stereocenters. The van der Waals surface area contributed by atoms with E-state index in [2.05, 4.69) is 43.2 Å². The molecule has 7 nitrogen and oxygen atoms in total. The van der Waals surface area contributed by atoms with Crippen LogP contribution in [0.15, 0.2) is 46.9 Å². The van der Waals surface area contributed by atoms with Gasteiger partial charge >= 0.3 is 0 Å². The summed E-state index contributed by atoms with van der Waals surface area (Å²) in [6.07, 6.45) is 3.74. The van der Waals surface area contributed by atoms with Crippen LogP contribution in [-0.2, 0) is 17.9 Å². The summed E-state index contributed by atoms with van der Waals surface area (Å²) in [5.74, 6) is 0.980. The van der Waals surface area contributed by atoms with Crippen LogP contribution < -0.4 is 5.32 Å². The summed E-state index contributed by atoms with van der Waals surface area (Å²) in [4.78, 5) is 14.9. The van der Waals surface area contributed by atoms with Crippen molar-refractivity contribution in [1.82, 2.24) is 19.7 Å². The van der Waals surface area contributed by atoms with Gasteiger partial charge in [-0.1, -0.05) is 48.5 Å². The van der Waals surface area contributed by atoms with Crippen LogP contribution in [-0.4, -0.2) is 44.4 Å². The fraction of sp³-hybridized carbons (Fsp3) is 0.364. The average Bonchev–Trinajstić information content (AvgIpc) is 3.40. The first-order valence-electron chi connectivity index (χ1n) is 10.3. The van der Waals surface area contributed by atoms with E-state index in [9.17, 15) is 4.79 Å². The third-order valence-corrected chi connectivity index (χ3v) is 6.96. The summed E-state index contributed by atoms with van der Waals surface area (Å²) in [7, 11) is 0. The number of amides is 1. The number of piperidine rings is 1. The van der Waals surface area contributed by atoms with Crippen molar-refractivity contribution < 1.29 is 4.79 Å². The molecule has 3 aromatic rings.